The molecule has 0 saturated carbocycles. The Morgan fingerprint density at radius 3 is 1.33 bits per heavy atom. The van der Waals surface area contributed by atoms with Crippen LogP contribution < -0.4 is 20.7 Å². The van der Waals surface area contributed by atoms with Gasteiger partial charge in [-0.05, 0) is 0 Å². The first-order valence-electron chi connectivity index (χ1n) is 23.8. The third-order valence-corrected chi connectivity index (χ3v) is 21.4. The SMILES string of the molecule is c1ccc([SiH-](c2ccccc2)(c2ccc(-c3cc(-n4c5ccccc5n5c6ccccc6nc45)nc(-n4c5ccccc5n5c6ccccc6nc45)c3)cc2)c2ccc3sc4ccccc4c3c2)cc1. The summed E-state index contributed by atoms with van der Waals surface area (Å²) in [5.41, 5.74) is 10.3. The van der Waals surface area contributed by atoms with E-state index in [0.29, 0.717) is 0 Å². The van der Waals surface area contributed by atoms with Crippen molar-refractivity contribution in [2.24, 2.45) is 0 Å². The number of hydrogen-bond donors (Lipinski definition) is 0. The van der Waals surface area contributed by atoms with Gasteiger partial charge in [-0.15, -0.1) is 0 Å². The van der Waals surface area contributed by atoms with Gasteiger partial charge in [0.2, 0.25) is 0 Å². The summed E-state index contributed by atoms with van der Waals surface area (Å²) < 4.78 is 11.6. The van der Waals surface area contributed by atoms with Gasteiger partial charge in [-0.1, -0.05) is 24.3 Å². The van der Waals surface area contributed by atoms with Crippen LogP contribution in [0, 0.1) is 0 Å². The van der Waals surface area contributed by atoms with Crippen LogP contribution in [0.3, 0.4) is 0 Å². The Balaban J connectivity index is 0.994. The number of rotatable bonds is 7. The maximum atomic E-state index is 5.63. The van der Waals surface area contributed by atoms with Crippen LogP contribution >= 0.6 is 11.3 Å². The van der Waals surface area contributed by atoms with Gasteiger partial charge in [0.05, 0.1) is 0 Å². The van der Waals surface area contributed by atoms with Crippen molar-refractivity contribution in [2.45, 2.75) is 0 Å². The van der Waals surface area contributed by atoms with Crippen molar-refractivity contribution >= 4 is 116 Å². The van der Waals surface area contributed by atoms with E-state index in [9.17, 15) is 0 Å². The summed E-state index contributed by atoms with van der Waals surface area (Å²) in [5.74, 6) is 3.14. The molecule has 0 aliphatic rings. The van der Waals surface area contributed by atoms with Gasteiger partial charge in [0.1, 0.15) is 0 Å². The molecule has 15 rings (SSSR count). The van der Waals surface area contributed by atoms with Gasteiger partial charge in [-0.3, -0.25) is 0 Å². The molecule has 330 valence electrons. The Hall–Kier alpha value is -8.89. The fraction of sp³-hybridized carbons (Fsp3) is 0. The first kappa shape index (κ1) is 39.1. The quantitative estimate of drug-likeness (QED) is 0.118. The molecule has 0 amide bonds. The fourth-order valence-corrected chi connectivity index (χ4v) is 18.2. The second-order valence-electron chi connectivity index (χ2n) is 18.4. The number of fused-ring (bicyclic) bond motifs is 13. The third-order valence-electron chi connectivity index (χ3n) is 14.7. The van der Waals surface area contributed by atoms with Crippen LogP contribution in [0.15, 0.2) is 237 Å². The molecule has 0 unspecified atom stereocenters. The molecular weight excluding hydrogens is 891 g/mol. The molecule has 0 aliphatic carbocycles. The molecule has 0 aliphatic heterocycles. The van der Waals surface area contributed by atoms with E-state index in [0.717, 1.165) is 78.5 Å². The second-order valence-corrected chi connectivity index (χ2v) is 23.8. The molecule has 0 radical (unpaired) electrons. The van der Waals surface area contributed by atoms with E-state index in [1.54, 1.807) is 0 Å². The van der Waals surface area contributed by atoms with Crippen LogP contribution in [0.25, 0.3) is 98.6 Å². The van der Waals surface area contributed by atoms with Crippen molar-refractivity contribution in [2.75, 3.05) is 0 Å². The topological polar surface area (TPSA) is 57.4 Å². The van der Waals surface area contributed by atoms with Crippen LogP contribution in [0.4, 0.5) is 0 Å². The number of hydrogen-bond acceptors (Lipinski definition) is 4. The molecule has 0 bridgehead atoms. The molecule has 7 nitrogen and oxygen atoms in total. The Morgan fingerprint density at radius 1 is 0.314 bits per heavy atom. The number of nitrogens with zero attached hydrogens (tertiary/aromatic N) is 7. The van der Waals surface area contributed by atoms with E-state index in [1.165, 1.54) is 40.9 Å². The minimum atomic E-state index is -3.36. The summed E-state index contributed by atoms with van der Waals surface area (Å²) in [7, 11) is -3.36. The molecule has 70 heavy (non-hydrogen) atoms. The van der Waals surface area contributed by atoms with Gasteiger partial charge in [0.15, 0.2) is 0 Å². The van der Waals surface area contributed by atoms with Crippen LogP contribution in [-0.4, -0.2) is 41.0 Å². The number of benzene rings is 9. The Bertz CT molecular complexity index is 4340. The minimum absolute atomic E-state index is 0.764. The molecule has 6 heterocycles. The van der Waals surface area contributed by atoms with Gasteiger partial charge in [0.25, 0.3) is 0 Å². The summed E-state index contributed by atoms with van der Waals surface area (Å²) in [6.45, 7) is 0. The van der Waals surface area contributed by atoms with Gasteiger partial charge in [-0.2, -0.15) is 0 Å². The number of para-hydroxylation sites is 8. The molecule has 6 aromatic heterocycles. The molecule has 0 fully saturated rings. The molecule has 0 spiro atoms. The predicted octanol–water partition coefficient (Wildman–Crippen LogP) is 11.7. The van der Waals surface area contributed by atoms with E-state index >= 15 is 0 Å². The fourth-order valence-electron chi connectivity index (χ4n) is 11.7. The monoisotopic (exact) mass is 930 g/mol. The van der Waals surface area contributed by atoms with Crippen molar-refractivity contribution in [3.63, 3.8) is 0 Å². The van der Waals surface area contributed by atoms with Crippen molar-refractivity contribution in [3.05, 3.63) is 237 Å². The Kier molecular flexibility index (Phi) is 8.42. The number of thiophene rings is 1. The average Bonchev–Trinajstić information content (AvgIpc) is 4.23. The Labute approximate surface area is 406 Å². The molecule has 0 atom stereocenters. The Morgan fingerprint density at radius 2 is 0.757 bits per heavy atom. The van der Waals surface area contributed by atoms with E-state index in [1.807, 2.05) is 11.3 Å². The van der Waals surface area contributed by atoms with Crippen LogP contribution in [0.1, 0.15) is 0 Å². The van der Waals surface area contributed by atoms with Crippen LogP contribution in [0.2, 0.25) is 0 Å². The summed E-state index contributed by atoms with van der Waals surface area (Å²) in [6, 6.07) is 86.3. The zero-order valence-electron chi connectivity index (χ0n) is 37.6. The summed E-state index contributed by atoms with van der Waals surface area (Å²) >= 11 is 1.87. The standard InChI is InChI=1S/C61H40N7SSi/c1-3-17-42(18-4-1)70(43-19-5-2-6-20-43,45-35-36-57-47(39-45)46-21-7-16-30-56(46)69-57)44-33-31-40(32-34-44)41-37-58(67-54-28-14-12-26-52(54)65-50-24-10-8-22-48(50)62-60(65)67)64-59(38-41)68-55-29-15-13-27-53(55)66-51-25-11-9-23-49(51)63-61(66)68/h1-39,70H/q-1. The molecule has 0 N–H and O–H groups in total. The molecule has 15 aromatic rings. The van der Waals surface area contributed by atoms with Gasteiger partial charge in [-0.25, -0.2) is 0 Å². The summed E-state index contributed by atoms with van der Waals surface area (Å²) in [6.07, 6.45) is 0. The van der Waals surface area contributed by atoms with Crippen molar-refractivity contribution < 1.29 is 0 Å². The van der Waals surface area contributed by atoms with Crippen molar-refractivity contribution in [1.82, 2.24) is 32.9 Å². The van der Waals surface area contributed by atoms with E-state index < -0.39 is 8.07 Å². The van der Waals surface area contributed by atoms with Gasteiger partial charge < -0.3 is 0 Å². The molecule has 9 aromatic carbocycles. The van der Waals surface area contributed by atoms with Crippen molar-refractivity contribution in [3.8, 4) is 22.8 Å². The van der Waals surface area contributed by atoms with E-state index in [-0.39, 0.29) is 0 Å². The number of pyridine rings is 1. The maximum absolute atomic E-state index is 5.63. The van der Waals surface area contributed by atoms with Gasteiger partial charge >= 0.3 is 384 Å². The first-order valence-corrected chi connectivity index (χ1v) is 26.9. The molecule has 0 saturated heterocycles. The van der Waals surface area contributed by atoms with E-state index in [4.69, 9.17) is 15.0 Å². The normalized spacial score (nSPS) is 12.5. The second kappa shape index (κ2) is 15.1. The van der Waals surface area contributed by atoms with Gasteiger partial charge in [0, 0.05) is 0 Å². The van der Waals surface area contributed by atoms with Crippen molar-refractivity contribution in [1.29, 1.82) is 0 Å². The van der Waals surface area contributed by atoms with E-state index in [2.05, 4.69) is 255 Å². The molecular formula is C61H40N7SSi-. The first-order chi connectivity index (χ1) is 34.7. The predicted molar refractivity (Wildman–Crippen MR) is 294 cm³/mol. The van der Waals surface area contributed by atoms with Crippen LogP contribution in [-0.2, 0) is 0 Å². The third kappa shape index (κ3) is 5.58. The summed E-state index contributed by atoms with van der Waals surface area (Å²) in [5, 5.41) is 8.09. The number of aromatic nitrogens is 7. The molecule has 9 heteroatoms. The zero-order chi connectivity index (χ0) is 45.9. The zero-order valence-corrected chi connectivity index (χ0v) is 39.6. The number of imidazole rings is 4. The van der Waals surface area contributed by atoms with Crippen LogP contribution in [0.5, 0.6) is 0 Å². The average molecular weight is 931 g/mol. The summed E-state index contributed by atoms with van der Waals surface area (Å²) in [4.78, 5) is 16.2.